The molecule has 3 aromatic carbocycles. The Morgan fingerprint density at radius 3 is 2.08 bits per heavy atom. The SMILES string of the molecule is Cc1cc(C)cc(N(CC(=O)N(Cc2ccc(Cl)cc2Cl)C(C)C(=O)NC(C)(C)C)S(=O)(=O)c2ccccc2)c1. The van der Waals surface area contributed by atoms with E-state index in [0.29, 0.717) is 21.3 Å². The van der Waals surface area contributed by atoms with E-state index in [-0.39, 0.29) is 17.3 Å². The van der Waals surface area contributed by atoms with Gasteiger partial charge in [-0.25, -0.2) is 8.42 Å². The number of rotatable bonds is 9. The molecule has 0 radical (unpaired) electrons. The lowest BCUT2D eigenvalue weighted by molar-refractivity contribution is -0.140. The molecular weight excluding hydrogens is 569 g/mol. The third kappa shape index (κ3) is 7.99. The Balaban J connectivity index is 2.08. The Morgan fingerprint density at radius 2 is 1.52 bits per heavy atom. The van der Waals surface area contributed by atoms with Crippen LogP contribution in [0.15, 0.2) is 71.6 Å². The summed E-state index contributed by atoms with van der Waals surface area (Å²) in [5.74, 6) is -0.948. The largest absolute Gasteiger partial charge is 0.350 e. The normalized spacial score (nSPS) is 12.5. The summed E-state index contributed by atoms with van der Waals surface area (Å²) < 4.78 is 28.9. The van der Waals surface area contributed by atoms with Crippen LogP contribution in [-0.2, 0) is 26.2 Å². The molecule has 0 aliphatic heterocycles. The summed E-state index contributed by atoms with van der Waals surface area (Å²) in [5, 5.41) is 3.66. The number of nitrogens with one attached hydrogen (secondary N) is 1. The van der Waals surface area contributed by atoms with E-state index in [1.165, 1.54) is 17.0 Å². The Kier molecular flexibility index (Phi) is 9.93. The number of hydrogen-bond donors (Lipinski definition) is 1. The van der Waals surface area contributed by atoms with Crippen LogP contribution in [0.3, 0.4) is 0 Å². The van der Waals surface area contributed by atoms with Crippen molar-refractivity contribution in [3.8, 4) is 0 Å². The van der Waals surface area contributed by atoms with Crippen molar-refractivity contribution in [2.75, 3.05) is 10.8 Å². The Bertz CT molecular complexity index is 1470. The molecule has 10 heteroatoms. The van der Waals surface area contributed by atoms with Crippen LogP contribution in [0.4, 0.5) is 5.69 Å². The molecule has 0 heterocycles. The van der Waals surface area contributed by atoms with Crippen molar-refractivity contribution in [3.05, 3.63) is 93.5 Å². The molecule has 3 rings (SSSR count). The second-order valence-electron chi connectivity index (χ2n) is 10.8. The first-order valence-electron chi connectivity index (χ1n) is 12.8. The quantitative estimate of drug-likeness (QED) is 0.318. The monoisotopic (exact) mass is 603 g/mol. The van der Waals surface area contributed by atoms with Crippen molar-refractivity contribution >= 4 is 50.7 Å². The van der Waals surface area contributed by atoms with Gasteiger partial charge in [-0.1, -0.05) is 53.5 Å². The molecule has 1 unspecified atom stereocenters. The minimum absolute atomic E-state index is 0.0281. The summed E-state index contributed by atoms with van der Waals surface area (Å²) in [6, 6.07) is 17.3. The molecule has 0 aromatic heterocycles. The first-order valence-corrected chi connectivity index (χ1v) is 15.0. The molecule has 3 aromatic rings. The minimum Gasteiger partial charge on any atom is -0.350 e. The van der Waals surface area contributed by atoms with E-state index in [1.54, 1.807) is 55.5 Å². The number of halogens is 2. The van der Waals surface area contributed by atoms with Crippen molar-refractivity contribution < 1.29 is 18.0 Å². The lowest BCUT2D eigenvalue weighted by atomic mass is 10.1. The summed E-state index contributed by atoms with van der Waals surface area (Å²) in [5.41, 5.74) is 2.07. The van der Waals surface area contributed by atoms with Gasteiger partial charge < -0.3 is 10.2 Å². The molecule has 214 valence electrons. The molecule has 1 N–H and O–H groups in total. The third-order valence-electron chi connectivity index (χ3n) is 6.13. The number of nitrogens with zero attached hydrogens (tertiary/aromatic N) is 2. The van der Waals surface area contributed by atoms with Crippen molar-refractivity contribution in [2.24, 2.45) is 0 Å². The first-order chi connectivity index (χ1) is 18.6. The molecule has 0 aliphatic rings. The van der Waals surface area contributed by atoms with E-state index >= 15 is 0 Å². The van der Waals surface area contributed by atoms with Crippen molar-refractivity contribution in [3.63, 3.8) is 0 Å². The highest BCUT2D eigenvalue weighted by Gasteiger charge is 2.33. The van der Waals surface area contributed by atoms with Gasteiger partial charge in [0.15, 0.2) is 0 Å². The van der Waals surface area contributed by atoms with E-state index in [1.807, 2.05) is 40.7 Å². The van der Waals surface area contributed by atoms with Gasteiger partial charge in [0.25, 0.3) is 10.0 Å². The van der Waals surface area contributed by atoms with E-state index in [9.17, 15) is 18.0 Å². The standard InChI is InChI=1S/C30H35Cl2N3O4S/c1-20-14-21(2)16-25(15-20)35(40(38,39)26-10-8-7-9-11-26)19-28(36)34(22(3)29(37)33-30(4,5)6)18-23-12-13-24(31)17-27(23)32/h7-17,22H,18-19H2,1-6H3,(H,33,37). The maximum absolute atomic E-state index is 14.0. The van der Waals surface area contributed by atoms with Gasteiger partial charge in [-0.15, -0.1) is 0 Å². The number of anilines is 1. The second-order valence-corrected chi connectivity index (χ2v) is 13.5. The molecule has 0 saturated heterocycles. The van der Waals surface area contributed by atoms with Gasteiger partial charge in [0.2, 0.25) is 11.8 Å². The van der Waals surface area contributed by atoms with Gasteiger partial charge >= 0.3 is 0 Å². The van der Waals surface area contributed by atoms with Crippen LogP contribution in [-0.4, -0.2) is 43.3 Å². The maximum atomic E-state index is 14.0. The van der Waals surface area contributed by atoms with Gasteiger partial charge in [0.1, 0.15) is 12.6 Å². The third-order valence-corrected chi connectivity index (χ3v) is 8.50. The van der Waals surface area contributed by atoms with E-state index in [0.717, 1.165) is 15.4 Å². The van der Waals surface area contributed by atoms with E-state index < -0.39 is 34.1 Å². The molecule has 0 aliphatic carbocycles. The number of benzene rings is 3. The zero-order valence-electron chi connectivity index (χ0n) is 23.5. The Hall–Kier alpha value is -3.07. The molecule has 0 saturated carbocycles. The summed E-state index contributed by atoms with van der Waals surface area (Å²) in [6.45, 7) is 10.3. The number of hydrogen-bond acceptors (Lipinski definition) is 4. The molecular formula is C30H35Cl2N3O4S. The van der Waals surface area contributed by atoms with E-state index in [4.69, 9.17) is 23.2 Å². The average Bonchev–Trinajstić information content (AvgIpc) is 2.85. The van der Waals surface area contributed by atoms with Crippen LogP contribution in [0.2, 0.25) is 10.0 Å². The van der Waals surface area contributed by atoms with Crippen molar-refractivity contribution in [1.82, 2.24) is 10.2 Å². The molecule has 0 fully saturated rings. The lowest BCUT2D eigenvalue weighted by Gasteiger charge is -2.33. The fourth-order valence-electron chi connectivity index (χ4n) is 4.23. The van der Waals surface area contributed by atoms with Crippen LogP contribution >= 0.6 is 23.2 Å². The van der Waals surface area contributed by atoms with Crippen LogP contribution < -0.4 is 9.62 Å². The lowest BCUT2D eigenvalue weighted by Crippen LogP contribution is -2.54. The Morgan fingerprint density at radius 1 is 0.925 bits per heavy atom. The number of sulfonamides is 1. The van der Waals surface area contributed by atoms with Gasteiger partial charge in [0.05, 0.1) is 10.6 Å². The highest BCUT2D eigenvalue weighted by Crippen LogP contribution is 2.28. The predicted molar refractivity (Wildman–Crippen MR) is 161 cm³/mol. The van der Waals surface area contributed by atoms with Crippen LogP contribution in [0.25, 0.3) is 0 Å². The van der Waals surface area contributed by atoms with Gasteiger partial charge in [-0.05, 0) is 94.6 Å². The predicted octanol–water partition coefficient (Wildman–Crippen LogP) is 6.14. The van der Waals surface area contributed by atoms with Crippen molar-refractivity contribution in [1.29, 1.82) is 0 Å². The van der Waals surface area contributed by atoms with Crippen LogP contribution in [0.5, 0.6) is 0 Å². The highest BCUT2D eigenvalue weighted by molar-refractivity contribution is 7.92. The molecule has 0 bridgehead atoms. The average molecular weight is 605 g/mol. The first kappa shape index (κ1) is 31.5. The zero-order chi connectivity index (χ0) is 29.8. The molecule has 0 spiro atoms. The fourth-order valence-corrected chi connectivity index (χ4v) is 6.12. The number of carbonyl (C=O) groups is 2. The molecule has 40 heavy (non-hydrogen) atoms. The van der Waals surface area contributed by atoms with Crippen LogP contribution in [0.1, 0.15) is 44.4 Å². The smallest absolute Gasteiger partial charge is 0.264 e. The summed E-state index contributed by atoms with van der Waals surface area (Å²) in [7, 11) is -4.14. The molecule has 2 amide bonds. The topological polar surface area (TPSA) is 86.8 Å². The summed E-state index contributed by atoms with van der Waals surface area (Å²) in [4.78, 5) is 28.6. The molecule has 1 atom stereocenters. The van der Waals surface area contributed by atoms with Crippen LogP contribution in [0, 0.1) is 13.8 Å². The minimum atomic E-state index is -4.14. The van der Waals surface area contributed by atoms with Gasteiger partial charge in [-0.2, -0.15) is 0 Å². The van der Waals surface area contributed by atoms with E-state index in [2.05, 4.69) is 5.32 Å². The number of carbonyl (C=O) groups excluding carboxylic acids is 2. The van der Waals surface area contributed by atoms with Gasteiger partial charge in [-0.3, -0.25) is 13.9 Å². The number of amides is 2. The van der Waals surface area contributed by atoms with Gasteiger partial charge in [0, 0.05) is 22.1 Å². The second kappa shape index (κ2) is 12.6. The molecule has 7 nitrogen and oxygen atoms in total. The summed E-state index contributed by atoms with van der Waals surface area (Å²) >= 11 is 12.5. The maximum Gasteiger partial charge on any atom is 0.264 e. The Labute approximate surface area is 247 Å². The highest BCUT2D eigenvalue weighted by atomic mass is 35.5. The zero-order valence-corrected chi connectivity index (χ0v) is 25.9. The van der Waals surface area contributed by atoms with Crippen molar-refractivity contribution in [2.45, 2.75) is 64.6 Å². The number of aryl methyl sites for hydroxylation is 2. The fraction of sp³-hybridized carbons (Fsp3) is 0.333. The summed E-state index contributed by atoms with van der Waals surface area (Å²) in [6.07, 6.45) is 0.